The van der Waals surface area contributed by atoms with Crippen LogP contribution in [0.1, 0.15) is 17.2 Å². The number of phenolic OH excluding ortho intramolecular Hbond substituents is 1. The molecule has 21 heavy (non-hydrogen) atoms. The first-order chi connectivity index (χ1) is 10.1. The van der Waals surface area contributed by atoms with Crippen LogP contribution in [0.5, 0.6) is 5.75 Å². The lowest BCUT2D eigenvalue weighted by molar-refractivity contribution is 0.471. The van der Waals surface area contributed by atoms with Crippen LogP contribution >= 0.6 is 0 Å². The second-order valence-corrected chi connectivity index (χ2v) is 5.65. The van der Waals surface area contributed by atoms with Crippen molar-refractivity contribution in [1.82, 2.24) is 0 Å². The Morgan fingerprint density at radius 2 is 2.00 bits per heavy atom. The fourth-order valence-electron chi connectivity index (χ4n) is 2.99. The molecule has 1 unspecified atom stereocenters. The highest BCUT2D eigenvalue weighted by molar-refractivity contribution is 5.64. The first-order valence-corrected chi connectivity index (χ1v) is 7.16. The molecule has 1 aliphatic heterocycles. The summed E-state index contributed by atoms with van der Waals surface area (Å²) in [6, 6.07) is 14.0. The quantitative estimate of drug-likeness (QED) is 0.908. The highest BCUT2D eigenvalue weighted by Crippen LogP contribution is 2.41. The van der Waals surface area contributed by atoms with Gasteiger partial charge in [-0.2, -0.15) is 0 Å². The summed E-state index contributed by atoms with van der Waals surface area (Å²) in [6.07, 6.45) is 0. The van der Waals surface area contributed by atoms with Crippen molar-refractivity contribution in [3.63, 3.8) is 0 Å². The van der Waals surface area contributed by atoms with Crippen molar-refractivity contribution in [3.8, 4) is 5.75 Å². The summed E-state index contributed by atoms with van der Waals surface area (Å²) in [5.41, 5.74) is 10.6. The summed E-state index contributed by atoms with van der Waals surface area (Å²) < 4.78 is 0. The molecule has 1 atom stereocenters. The molecule has 2 aromatic rings. The molecule has 1 heterocycles. The number of hydrogen-bond acceptors (Lipinski definition) is 4. The Labute approximate surface area is 125 Å². The number of hydrogen-bond donors (Lipinski definition) is 2. The average molecular weight is 283 g/mol. The van der Waals surface area contributed by atoms with E-state index < -0.39 is 0 Å². The maximum absolute atomic E-state index is 10.1. The van der Waals surface area contributed by atoms with Crippen molar-refractivity contribution in [1.29, 1.82) is 0 Å². The Morgan fingerprint density at radius 3 is 2.67 bits per heavy atom. The topological polar surface area (TPSA) is 52.7 Å². The highest BCUT2D eigenvalue weighted by Gasteiger charge is 2.30. The van der Waals surface area contributed by atoms with Gasteiger partial charge < -0.3 is 20.6 Å². The summed E-state index contributed by atoms with van der Waals surface area (Å²) in [7, 11) is 4.07. The van der Waals surface area contributed by atoms with Gasteiger partial charge in [0.05, 0.1) is 11.7 Å². The van der Waals surface area contributed by atoms with E-state index in [1.165, 1.54) is 16.8 Å². The van der Waals surface area contributed by atoms with Crippen LogP contribution < -0.4 is 15.5 Å². The van der Waals surface area contributed by atoms with Gasteiger partial charge >= 0.3 is 0 Å². The zero-order chi connectivity index (χ0) is 15.0. The van der Waals surface area contributed by atoms with Crippen molar-refractivity contribution in [2.24, 2.45) is 5.73 Å². The number of nitrogens with zero attached hydrogens (tertiary/aromatic N) is 2. The van der Waals surface area contributed by atoms with Crippen molar-refractivity contribution < 1.29 is 5.11 Å². The number of para-hydroxylation sites is 2. The SMILES string of the molecule is CN(C)c1ccc2c(c1)C(CN)N(c1ccccc1O)C2. The molecule has 110 valence electrons. The van der Waals surface area contributed by atoms with Crippen LogP contribution in [-0.4, -0.2) is 25.7 Å². The highest BCUT2D eigenvalue weighted by atomic mass is 16.3. The second kappa shape index (κ2) is 5.30. The largest absolute Gasteiger partial charge is 0.506 e. The Morgan fingerprint density at radius 1 is 1.24 bits per heavy atom. The maximum Gasteiger partial charge on any atom is 0.138 e. The molecule has 0 aromatic heterocycles. The molecular formula is C17H21N3O. The Balaban J connectivity index is 2.02. The van der Waals surface area contributed by atoms with E-state index in [2.05, 4.69) is 28.0 Å². The normalized spacial score (nSPS) is 16.9. The lowest BCUT2D eigenvalue weighted by atomic mass is 10.0. The summed E-state index contributed by atoms with van der Waals surface area (Å²) in [5.74, 6) is 0.302. The number of anilines is 2. The van der Waals surface area contributed by atoms with E-state index in [1.807, 2.05) is 32.3 Å². The molecule has 4 heteroatoms. The lowest BCUT2D eigenvalue weighted by Crippen LogP contribution is -2.27. The van der Waals surface area contributed by atoms with Crippen LogP contribution in [0.4, 0.5) is 11.4 Å². The van der Waals surface area contributed by atoms with E-state index >= 15 is 0 Å². The molecule has 0 saturated heterocycles. The molecule has 0 bridgehead atoms. The first-order valence-electron chi connectivity index (χ1n) is 7.16. The molecule has 2 aromatic carbocycles. The molecule has 3 rings (SSSR count). The number of rotatable bonds is 3. The van der Waals surface area contributed by atoms with Gasteiger partial charge in [-0.25, -0.2) is 0 Å². The summed E-state index contributed by atoms with van der Waals surface area (Å²) in [5, 5.41) is 10.1. The standard InChI is InChI=1S/C17H21N3O/c1-19(2)13-8-7-12-11-20(16(10-18)14(12)9-13)15-5-3-4-6-17(15)21/h3-9,16,21H,10-11,18H2,1-2H3. The van der Waals surface area contributed by atoms with Crippen LogP contribution in [0, 0.1) is 0 Å². The smallest absolute Gasteiger partial charge is 0.138 e. The van der Waals surface area contributed by atoms with Gasteiger partial charge in [-0.3, -0.25) is 0 Å². The second-order valence-electron chi connectivity index (χ2n) is 5.65. The van der Waals surface area contributed by atoms with Gasteiger partial charge in [0.1, 0.15) is 5.75 Å². The predicted octanol–water partition coefficient (Wildman–Crippen LogP) is 2.48. The zero-order valence-corrected chi connectivity index (χ0v) is 12.5. The minimum absolute atomic E-state index is 0.105. The molecule has 0 saturated carbocycles. The molecule has 0 aliphatic carbocycles. The van der Waals surface area contributed by atoms with Gasteiger partial charge in [-0.15, -0.1) is 0 Å². The third-order valence-electron chi connectivity index (χ3n) is 4.14. The summed E-state index contributed by atoms with van der Waals surface area (Å²) in [4.78, 5) is 4.27. The van der Waals surface area contributed by atoms with Crippen molar-refractivity contribution >= 4 is 11.4 Å². The molecule has 0 fully saturated rings. The van der Waals surface area contributed by atoms with Crippen molar-refractivity contribution in [2.45, 2.75) is 12.6 Å². The van der Waals surface area contributed by atoms with E-state index in [1.54, 1.807) is 6.07 Å². The van der Waals surface area contributed by atoms with Crippen LogP contribution in [-0.2, 0) is 6.54 Å². The molecule has 0 radical (unpaired) electrons. The molecule has 0 amide bonds. The van der Waals surface area contributed by atoms with Gasteiger partial charge in [-0.1, -0.05) is 18.2 Å². The third-order valence-corrected chi connectivity index (χ3v) is 4.14. The number of phenols is 1. The van der Waals surface area contributed by atoms with Gasteiger partial charge in [-0.05, 0) is 35.4 Å². The fourth-order valence-corrected chi connectivity index (χ4v) is 2.99. The number of nitrogens with two attached hydrogens (primary N) is 1. The molecule has 3 N–H and O–H groups in total. The van der Waals surface area contributed by atoms with Gasteiger partial charge in [0.2, 0.25) is 0 Å². The van der Waals surface area contributed by atoms with Crippen molar-refractivity contribution in [2.75, 3.05) is 30.4 Å². The fraction of sp³-hybridized carbons (Fsp3) is 0.294. The van der Waals surface area contributed by atoms with E-state index in [4.69, 9.17) is 5.73 Å². The monoisotopic (exact) mass is 283 g/mol. The molecule has 4 nitrogen and oxygen atoms in total. The average Bonchev–Trinajstić information content (AvgIpc) is 2.84. The maximum atomic E-state index is 10.1. The van der Waals surface area contributed by atoms with E-state index in [0.717, 1.165) is 12.2 Å². The van der Waals surface area contributed by atoms with Gasteiger partial charge in [0, 0.05) is 32.9 Å². The van der Waals surface area contributed by atoms with Crippen LogP contribution in [0.15, 0.2) is 42.5 Å². The van der Waals surface area contributed by atoms with Crippen LogP contribution in [0.25, 0.3) is 0 Å². The summed E-state index contributed by atoms with van der Waals surface area (Å²) in [6.45, 7) is 1.31. The molecular weight excluding hydrogens is 262 g/mol. The minimum atomic E-state index is 0.105. The predicted molar refractivity (Wildman–Crippen MR) is 86.9 cm³/mol. The van der Waals surface area contributed by atoms with E-state index in [9.17, 15) is 5.11 Å². The minimum Gasteiger partial charge on any atom is -0.506 e. The van der Waals surface area contributed by atoms with E-state index in [-0.39, 0.29) is 6.04 Å². The van der Waals surface area contributed by atoms with Crippen LogP contribution in [0.3, 0.4) is 0 Å². The number of aromatic hydroxyl groups is 1. The zero-order valence-electron chi connectivity index (χ0n) is 12.5. The van der Waals surface area contributed by atoms with Gasteiger partial charge in [0.15, 0.2) is 0 Å². The Kier molecular flexibility index (Phi) is 3.47. The number of fused-ring (bicyclic) bond motifs is 1. The summed E-state index contributed by atoms with van der Waals surface area (Å²) >= 11 is 0. The lowest BCUT2D eigenvalue weighted by Gasteiger charge is -2.27. The third kappa shape index (κ3) is 2.32. The van der Waals surface area contributed by atoms with E-state index in [0.29, 0.717) is 12.3 Å². The molecule has 1 aliphatic rings. The first kappa shape index (κ1) is 13.8. The van der Waals surface area contributed by atoms with Gasteiger partial charge in [0.25, 0.3) is 0 Å². The van der Waals surface area contributed by atoms with Crippen molar-refractivity contribution in [3.05, 3.63) is 53.6 Å². The van der Waals surface area contributed by atoms with Crippen LogP contribution in [0.2, 0.25) is 0 Å². The molecule has 0 spiro atoms. The Bertz CT molecular complexity index is 654. The Hall–Kier alpha value is -2.20. The number of benzene rings is 2.